The van der Waals surface area contributed by atoms with Gasteiger partial charge in [-0.15, -0.1) is 0 Å². The molecule has 0 aliphatic carbocycles. The molecule has 0 radical (unpaired) electrons. The summed E-state index contributed by atoms with van der Waals surface area (Å²) in [5.74, 6) is -0.382. The molecule has 4 heteroatoms. The van der Waals surface area contributed by atoms with Crippen LogP contribution in [0.5, 0.6) is 0 Å². The fourth-order valence-electron chi connectivity index (χ4n) is 1.77. The molecule has 0 bridgehead atoms. The second-order valence-electron chi connectivity index (χ2n) is 4.00. The number of halogens is 2. The molecule has 1 aromatic heterocycles. The molecular weight excluding hydrogens is 239 g/mol. The van der Waals surface area contributed by atoms with Gasteiger partial charge in [-0.3, -0.25) is 4.68 Å². The average Bonchev–Trinajstić information content (AvgIpc) is 2.62. The summed E-state index contributed by atoms with van der Waals surface area (Å²) in [5, 5.41) is 0.183. The number of aromatic nitrogens is 1. The lowest BCUT2D eigenvalue weighted by molar-refractivity contribution is 0.625. The van der Waals surface area contributed by atoms with Crippen LogP contribution >= 0.6 is 11.6 Å². The van der Waals surface area contributed by atoms with Crippen molar-refractivity contribution in [1.82, 2.24) is 4.68 Å². The van der Waals surface area contributed by atoms with Gasteiger partial charge in [0.25, 0.3) is 0 Å². The molecule has 1 N–H and O–H groups in total. The lowest BCUT2D eigenvalue weighted by atomic mass is 10.2. The Morgan fingerprint density at radius 1 is 1.18 bits per heavy atom. The van der Waals surface area contributed by atoms with Crippen LogP contribution in [0.4, 0.5) is 4.39 Å². The highest BCUT2D eigenvalue weighted by Gasteiger charge is 2.06. The Bertz CT molecular complexity index is 515. The normalized spacial score (nSPS) is 10.6. The van der Waals surface area contributed by atoms with Crippen molar-refractivity contribution in [2.45, 2.75) is 20.4 Å². The van der Waals surface area contributed by atoms with Gasteiger partial charge >= 0.3 is 0 Å². The van der Waals surface area contributed by atoms with Crippen LogP contribution in [0.25, 0.3) is 0 Å². The Morgan fingerprint density at radius 3 is 2.47 bits per heavy atom. The predicted molar refractivity (Wildman–Crippen MR) is 68.4 cm³/mol. The van der Waals surface area contributed by atoms with E-state index in [2.05, 4.69) is 5.43 Å². The van der Waals surface area contributed by atoms with E-state index in [1.165, 1.54) is 6.07 Å². The van der Waals surface area contributed by atoms with Crippen LogP contribution in [0.2, 0.25) is 5.02 Å². The summed E-state index contributed by atoms with van der Waals surface area (Å²) in [6, 6.07) is 8.88. The summed E-state index contributed by atoms with van der Waals surface area (Å²) in [5.41, 5.74) is 6.17. The number of nitrogens with one attached hydrogen (secondary N) is 1. The van der Waals surface area contributed by atoms with E-state index in [9.17, 15) is 4.39 Å². The smallest absolute Gasteiger partial charge is 0.142 e. The molecular formula is C13H14ClFN2. The van der Waals surface area contributed by atoms with Crippen LogP contribution < -0.4 is 5.43 Å². The molecule has 0 amide bonds. The van der Waals surface area contributed by atoms with E-state index in [4.69, 9.17) is 11.6 Å². The minimum atomic E-state index is -0.382. The van der Waals surface area contributed by atoms with Gasteiger partial charge in [0.2, 0.25) is 0 Å². The zero-order valence-corrected chi connectivity index (χ0v) is 10.6. The minimum absolute atomic E-state index is 0.183. The zero-order valence-electron chi connectivity index (χ0n) is 9.80. The highest BCUT2D eigenvalue weighted by Crippen LogP contribution is 2.19. The largest absolute Gasteiger partial charge is 0.321 e. The quantitative estimate of drug-likeness (QED) is 0.883. The number of nitrogens with zero attached hydrogens (tertiary/aromatic N) is 1. The van der Waals surface area contributed by atoms with Crippen LogP contribution in [0.1, 0.15) is 17.0 Å². The molecule has 2 aromatic rings. The Morgan fingerprint density at radius 2 is 1.82 bits per heavy atom. The maximum absolute atomic E-state index is 13.2. The van der Waals surface area contributed by atoms with Crippen LogP contribution in [0.3, 0.4) is 0 Å². The molecule has 2 rings (SSSR count). The summed E-state index contributed by atoms with van der Waals surface area (Å²) in [7, 11) is 0. The zero-order chi connectivity index (χ0) is 12.4. The number of hydrogen-bond donors (Lipinski definition) is 1. The summed E-state index contributed by atoms with van der Waals surface area (Å²) in [4.78, 5) is 0. The van der Waals surface area contributed by atoms with Crippen molar-refractivity contribution in [2.24, 2.45) is 0 Å². The average molecular weight is 253 g/mol. The maximum atomic E-state index is 13.2. The van der Waals surface area contributed by atoms with Crippen LogP contribution in [-0.4, -0.2) is 4.68 Å². The first kappa shape index (κ1) is 12.0. The molecule has 2 nitrogen and oxygen atoms in total. The molecule has 0 aliphatic rings. The van der Waals surface area contributed by atoms with Crippen molar-refractivity contribution in [1.29, 1.82) is 0 Å². The molecule has 0 fully saturated rings. The van der Waals surface area contributed by atoms with Gasteiger partial charge in [-0.25, -0.2) is 4.39 Å². The van der Waals surface area contributed by atoms with Gasteiger partial charge < -0.3 is 5.43 Å². The Balaban J connectivity index is 2.15. The molecule has 0 saturated carbocycles. The fraction of sp³-hybridized carbons (Fsp3) is 0.231. The lowest BCUT2D eigenvalue weighted by Crippen LogP contribution is -2.17. The van der Waals surface area contributed by atoms with Crippen LogP contribution in [-0.2, 0) is 6.54 Å². The van der Waals surface area contributed by atoms with Gasteiger partial charge in [-0.1, -0.05) is 23.7 Å². The topological polar surface area (TPSA) is 17.0 Å². The van der Waals surface area contributed by atoms with E-state index in [1.54, 1.807) is 6.07 Å². The highest BCUT2D eigenvalue weighted by molar-refractivity contribution is 6.31. The Labute approximate surface area is 105 Å². The van der Waals surface area contributed by atoms with Crippen molar-refractivity contribution in [2.75, 3.05) is 5.43 Å². The molecule has 1 aromatic carbocycles. The standard InChI is InChI=1S/C13H14ClFN2/c1-9-6-7-10(2)17(9)16-8-11-4-3-5-12(15)13(11)14/h3-7,16H,8H2,1-2H3. The molecule has 1 heterocycles. The molecule has 0 aliphatic heterocycles. The van der Waals surface area contributed by atoms with E-state index in [-0.39, 0.29) is 10.8 Å². The number of hydrogen-bond acceptors (Lipinski definition) is 1. The molecule has 0 atom stereocenters. The van der Waals surface area contributed by atoms with Gasteiger partial charge in [0.05, 0.1) is 11.6 Å². The van der Waals surface area contributed by atoms with Gasteiger partial charge in [-0.2, -0.15) is 0 Å². The van der Waals surface area contributed by atoms with E-state index in [0.29, 0.717) is 6.54 Å². The number of benzene rings is 1. The third kappa shape index (κ3) is 2.44. The fourth-order valence-corrected chi connectivity index (χ4v) is 1.96. The van der Waals surface area contributed by atoms with Gasteiger partial charge in [0, 0.05) is 11.4 Å². The third-order valence-electron chi connectivity index (χ3n) is 2.73. The lowest BCUT2D eigenvalue weighted by Gasteiger charge is -2.13. The van der Waals surface area contributed by atoms with E-state index in [0.717, 1.165) is 17.0 Å². The summed E-state index contributed by atoms with van der Waals surface area (Å²) in [6.07, 6.45) is 0. The van der Waals surface area contributed by atoms with Crippen molar-refractivity contribution < 1.29 is 4.39 Å². The molecule has 0 saturated heterocycles. The highest BCUT2D eigenvalue weighted by atomic mass is 35.5. The molecule has 0 spiro atoms. The minimum Gasteiger partial charge on any atom is -0.321 e. The van der Waals surface area contributed by atoms with E-state index >= 15 is 0 Å². The van der Waals surface area contributed by atoms with Crippen molar-refractivity contribution >= 4 is 11.6 Å². The maximum Gasteiger partial charge on any atom is 0.142 e. The van der Waals surface area contributed by atoms with Gasteiger partial charge in [0.15, 0.2) is 0 Å². The van der Waals surface area contributed by atoms with Crippen molar-refractivity contribution in [3.05, 3.63) is 58.1 Å². The first-order chi connectivity index (χ1) is 8.09. The Hall–Kier alpha value is -1.48. The predicted octanol–water partition coefficient (Wildman–Crippen LogP) is 3.64. The molecule has 0 unspecified atom stereocenters. The summed E-state index contributed by atoms with van der Waals surface area (Å²) in [6.45, 7) is 4.51. The van der Waals surface area contributed by atoms with E-state index in [1.807, 2.05) is 36.7 Å². The van der Waals surface area contributed by atoms with Crippen molar-refractivity contribution in [3.63, 3.8) is 0 Å². The van der Waals surface area contributed by atoms with E-state index < -0.39 is 0 Å². The first-order valence-corrected chi connectivity index (χ1v) is 5.79. The SMILES string of the molecule is Cc1ccc(C)n1NCc1cccc(F)c1Cl. The first-order valence-electron chi connectivity index (χ1n) is 5.41. The van der Waals surface area contributed by atoms with Crippen LogP contribution in [0, 0.1) is 19.7 Å². The van der Waals surface area contributed by atoms with Gasteiger partial charge in [-0.05, 0) is 37.6 Å². The van der Waals surface area contributed by atoms with Crippen LogP contribution in [0.15, 0.2) is 30.3 Å². The molecule has 17 heavy (non-hydrogen) atoms. The number of aryl methyl sites for hydroxylation is 2. The third-order valence-corrected chi connectivity index (χ3v) is 3.15. The monoisotopic (exact) mass is 252 g/mol. The summed E-state index contributed by atoms with van der Waals surface area (Å²) < 4.78 is 15.2. The molecule has 90 valence electrons. The van der Waals surface area contributed by atoms with Crippen molar-refractivity contribution in [3.8, 4) is 0 Å². The second-order valence-corrected chi connectivity index (χ2v) is 4.38. The van der Waals surface area contributed by atoms with Gasteiger partial charge in [0.1, 0.15) is 5.82 Å². The second kappa shape index (κ2) is 4.80. The summed E-state index contributed by atoms with van der Waals surface area (Å²) >= 11 is 5.89. The Kier molecular flexibility index (Phi) is 3.38. The number of rotatable bonds is 3.